The van der Waals surface area contributed by atoms with E-state index in [1.54, 1.807) is 0 Å². The third-order valence-electron chi connectivity index (χ3n) is 4.74. The second kappa shape index (κ2) is 9.40. The van der Waals surface area contributed by atoms with Gasteiger partial charge in [-0.05, 0) is 0 Å². The third kappa shape index (κ3) is 5.49. The van der Waals surface area contributed by atoms with Crippen LogP contribution in [0, 0.1) is 0 Å². The minimum Gasteiger partial charge on any atom is -0.371 e. The highest BCUT2D eigenvalue weighted by Crippen LogP contribution is 2.60. The highest BCUT2D eigenvalue weighted by molar-refractivity contribution is 5.10. The van der Waals surface area contributed by atoms with E-state index < -0.39 is 73.4 Å². The normalized spacial score (nSPS) is 24.2. The summed E-state index contributed by atoms with van der Waals surface area (Å²) in [6.45, 7) is -0.800. The molecule has 2 aliphatic rings. The number of methoxy groups -OCH3 is 1. The summed E-state index contributed by atoms with van der Waals surface area (Å²) in [6, 6.07) is 0. The molecule has 202 valence electrons. The van der Waals surface area contributed by atoms with Crippen LogP contribution in [-0.2, 0) is 23.7 Å². The SMILES string of the molecule is COC(OCC1CO1)C(CC(F)(F)C(F)(F)C(F)(F)C(F)(F)C(F)(F)C(F)(F)F)OCC1CO1. The molecule has 34 heavy (non-hydrogen) atoms. The number of rotatable bonds is 14. The number of alkyl halides is 13. The van der Waals surface area contributed by atoms with Gasteiger partial charge in [-0.15, -0.1) is 0 Å². The van der Waals surface area contributed by atoms with Crippen LogP contribution in [-0.4, -0.2) is 93.9 Å². The average molecular weight is 536 g/mol. The molecule has 0 bridgehead atoms. The molecule has 2 aliphatic heterocycles. The zero-order valence-electron chi connectivity index (χ0n) is 16.8. The Hall–Kier alpha value is -1.11. The van der Waals surface area contributed by atoms with Gasteiger partial charge in [-0.1, -0.05) is 0 Å². The van der Waals surface area contributed by atoms with Crippen LogP contribution in [0.15, 0.2) is 0 Å². The molecule has 0 aromatic carbocycles. The smallest absolute Gasteiger partial charge is 0.371 e. The number of ether oxygens (including phenoxy) is 5. The fourth-order valence-corrected chi connectivity index (χ4v) is 2.51. The molecule has 0 amide bonds. The first-order valence-corrected chi connectivity index (χ1v) is 9.18. The highest BCUT2D eigenvalue weighted by atomic mass is 19.4. The number of hydrogen-bond acceptors (Lipinski definition) is 5. The Bertz CT molecular complexity index is 691. The van der Waals surface area contributed by atoms with Gasteiger partial charge in [0.1, 0.15) is 18.3 Å². The van der Waals surface area contributed by atoms with Crippen LogP contribution in [0.2, 0.25) is 0 Å². The van der Waals surface area contributed by atoms with E-state index in [9.17, 15) is 57.1 Å². The Morgan fingerprint density at radius 3 is 1.47 bits per heavy atom. The standard InChI is InChI=1S/C16H17F13O5/c1-30-10(34-6-8-4-32-8)9(33-5-7-3-31-7)2-11(17,18)12(19,20)13(21,22)14(23,24)15(25,26)16(27,28)29/h7-10H,2-6H2,1H3. The van der Waals surface area contributed by atoms with Crippen molar-refractivity contribution in [2.24, 2.45) is 0 Å². The summed E-state index contributed by atoms with van der Waals surface area (Å²) in [5, 5.41) is 0. The van der Waals surface area contributed by atoms with Crippen molar-refractivity contribution in [3.8, 4) is 0 Å². The average Bonchev–Trinajstić information content (AvgIpc) is 3.59. The van der Waals surface area contributed by atoms with Crippen LogP contribution in [0.5, 0.6) is 0 Å². The fourth-order valence-electron chi connectivity index (χ4n) is 2.51. The molecule has 5 nitrogen and oxygen atoms in total. The second-order valence-corrected chi connectivity index (χ2v) is 7.42. The molecule has 0 aromatic heterocycles. The topological polar surface area (TPSA) is 52.8 Å². The van der Waals surface area contributed by atoms with Gasteiger partial charge in [-0.25, -0.2) is 0 Å². The number of halogens is 13. The lowest BCUT2D eigenvalue weighted by molar-refractivity contribution is -0.441. The van der Waals surface area contributed by atoms with Crippen molar-refractivity contribution >= 4 is 0 Å². The van der Waals surface area contributed by atoms with Crippen molar-refractivity contribution in [1.29, 1.82) is 0 Å². The number of epoxide rings is 2. The Labute approximate surface area is 182 Å². The van der Waals surface area contributed by atoms with Gasteiger partial charge < -0.3 is 23.7 Å². The van der Waals surface area contributed by atoms with E-state index in [0.29, 0.717) is 0 Å². The molecule has 2 saturated heterocycles. The fraction of sp³-hybridized carbons (Fsp3) is 1.00. The number of hydrogen-bond donors (Lipinski definition) is 0. The van der Waals surface area contributed by atoms with Gasteiger partial charge in [-0.2, -0.15) is 57.1 Å². The van der Waals surface area contributed by atoms with Crippen molar-refractivity contribution in [2.75, 3.05) is 33.5 Å². The summed E-state index contributed by atoms with van der Waals surface area (Å²) in [5.41, 5.74) is 0. The Morgan fingerprint density at radius 2 is 1.09 bits per heavy atom. The van der Waals surface area contributed by atoms with Gasteiger partial charge in [-0.3, -0.25) is 0 Å². The van der Waals surface area contributed by atoms with Gasteiger partial charge in [0, 0.05) is 13.5 Å². The molecule has 2 rings (SSSR count). The largest absolute Gasteiger partial charge is 0.460 e. The molecule has 4 unspecified atom stereocenters. The van der Waals surface area contributed by atoms with Crippen molar-refractivity contribution in [3.63, 3.8) is 0 Å². The quantitative estimate of drug-likeness (QED) is 0.189. The Kier molecular flexibility index (Phi) is 8.05. The summed E-state index contributed by atoms with van der Waals surface area (Å²) in [6.07, 6.45) is -15.8. The minimum atomic E-state index is -7.97. The first-order chi connectivity index (χ1) is 15.2. The molecule has 18 heteroatoms. The maximum absolute atomic E-state index is 14.3. The van der Waals surface area contributed by atoms with Crippen LogP contribution in [0.1, 0.15) is 6.42 Å². The highest BCUT2D eigenvalue weighted by Gasteiger charge is 2.90. The van der Waals surface area contributed by atoms with Crippen molar-refractivity contribution < 1.29 is 80.8 Å². The van der Waals surface area contributed by atoms with E-state index in [0.717, 1.165) is 7.11 Å². The molecule has 2 heterocycles. The molecular formula is C16H17F13O5. The van der Waals surface area contributed by atoms with Gasteiger partial charge in [0.25, 0.3) is 0 Å². The first-order valence-electron chi connectivity index (χ1n) is 9.18. The first kappa shape index (κ1) is 29.1. The monoisotopic (exact) mass is 536 g/mol. The Balaban J connectivity index is 2.31. The van der Waals surface area contributed by atoms with E-state index >= 15 is 0 Å². The molecule has 0 N–H and O–H groups in total. The molecule has 4 atom stereocenters. The van der Waals surface area contributed by atoms with Crippen LogP contribution < -0.4 is 0 Å². The van der Waals surface area contributed by atoms with Crippen LogP contribution in [0.25, 0.3) is 0 Å². The van der Waals surface area contributed by atoms with Crippen LogP contribution in [0.4, 0.5) is 57.1 Å². The van der Waals surface area contributed by atoms with Gasteiger partial charge in [0.05, 0.1) is 26.4 Å². The van der Waals surface area contributed by atoms with Crippen molar-refractivity contribution in [2.45, 2.75) is 66.8 Å². The van der Waals surface area contributed by atoms with E-state index in [-0.39, 0.29) is 19.8 Å². The summed E-state index contributed by atoms with van der Waals surface area (Å²) in [5.74, 6) is -37.4. The zero-order valence-corrected chi connectivity index (χ0v) is 16.8. The third-order valence-corrected chi connectivity index (χ3v) is 4.74. The lowest BCUT2D eigenvalue weighted by Crippen LogP contribution is -2.70. The molecule has 0 radical (unpaired) electrons. The predicted molar refractivity (Wildman–Crippen MR) is 81.4 cm³/mol. The summed E-state index contributed by atoms with van der Waals surface area (Å²) in [4.78, 5) is 0. The molecular weight excluding hydrogens is 519 g/mol. The zero-order chi connectivity index (χ0) is 26.4. The van der Waals surface area contributed by atoms with Gasteiger partial charge in [0.2, 0.25) is 0 Å². The summed E-state index contributed by atoms with van der Waals surface area (Å²) >= 11 is 0. The molecule has 0 aliphatic carbocycles. The predicted octanol–water partition coefficient (Wildman–Crippen LogP) is 4.29. The molecule has 0 saturated carbocycles. The molecule has 0 aromatic rings. The van der Waals surface area contributed by atoms with E-state index in [2.05, 4.69) is 9.47 Å². The molecule has 2 fully saturated rings. The summed E-state index contributed by atoms with van der Waals surface area (Å²) < 4.78 is 197. The van der Waals surface area contributed by atoms with Crippen LogP contribution in [0.3, 0.4) is 0 Å². The Morgan fingerprint density at radius 1 is 0.676 bits per heavy atom. The van der Waals surface area contributed by atoms with Crippen molar-refractivity contribution in [3.05, 3.63) is 0 Å². The van der Waals surface area contributed by atoms with Crippen LogP contribution >= 0.6 is 0 Å². The van der Waals surface area contributed by atoms with E-state index in [1.807, 2.05) is 0 Å². The minimum absolute atomic E-state index is 0.0323. The van der Waals surface area contributed by atoms with Gasteiger partial charge in [0.15, 0.2) is 6.29 Å². The van der Waals surface area contributed by atoms with Crippen molar-refractivity contribution in [1.82, 2.24) is 0 Å². The maximum atomic E-state index is 14.3. The lowest BCUT2D eigenvalue weighted by Gasteiger charge is -2.40. The summed E-state index contributed by atoms with van der Waals surface area (Å²) in [7, 11) is 0.783. The van der Waals surface area contributed by atoms with E-state index in [4.69, 9.17) is 14.2 Å². The maximum Gasteiger partial charge on any atom is 0.460 e. The molecule has 0 spiro atoms. The lowest BCUT2D eigenvalue weighted by atomic mass is 9.91. The second-order valence-electron chi connectivity index (χ2n) is 7.42. The van der Waals surface area contributed by atoms with E-state index in [1.165, 1.54) is 0 Å². The van der Waals surface area contributed by atoms with Gasteiger partial charge >= 0.3 is 35.8 Å².